The van der Waals surface area contributed by atoms with Gasteiger partial charge < -0.3 is 25.4 Å². The first-order chi connectivity index (χ1) is 14.3. The maximum absolute atomic E-state index is 13.2. The van der Waals surface area contributed by atoms with Gasteiger partial charge in [-0.1, -0.05) is 31.2 Å². The predicted molar refractivity (Wildman–Crippen MR) is 119 cm³/mol. The molecule has 0 bridgehead atoms. The van der Waals surface area contributed by atoms with E-state index in [2.05, 4.69) is 10.6 Å². The highest BCUT2D eigenvalue weighted by Gasteiger charge is 2.33. The van der Waals surface area contributed by atoms with Gasteiger partial charge in [-0.05, 0) is 59.1 Å². The van der Waals surface area contributed by atoms with E-state index in [0.29, 0.717) is 5.56 Å². The third-order valence-electron chi connectivity index (χ3n) is 4.21. The zero-order valence-corrected chi connectivity index (χ0v) is 19.7. The molecule has 0 aliphatic carbocycles. The van der Waals surface area contributed by atoms with Crippen LogP contribution in [0, 0.1) is 0 Å². The number of amides is 3. The Bertz CT molecular complexity index is 748. The molecule has 3 N–H and O–H groups in total. The van der Waals surface area contributed by atoms with Crippen molar-refractivity contribution < 1.29 is 24.2 Å². The van der Waals surface area contributed by atoms with Crippen LogP contribution in [0.25, 0.3) is 0 Å². The summed E-state index contributed by atoms with van der Waals surface area (Å²) in [6.07, 6.45) is 0.117. The van der Waals surface area contributed by atoms with Gasteiger partial charge in [0.15, 0.2) is 0 Å². The van der Waals surface area contributed by atoms with E-state index in [0.717, 1.165) is 12.0 Å². The van der Waals surface area contributed by atoms with Crippen molar-refractivity contribution in [3.05, 3.63) is 35.4 Å². The number of aryl methyl sites for hydroxylation is 1. The minimum atomic E-state index is -0.954. The number of aliphatic hydroxyl groups is 1. The molecule has 1 unspecified atom stereocenters. The van der Waals surface area contributed by atoms with Crippen molar-refractivity contribution in [2.24, 2.45) is 0 Å². The van der Waals surface area contributed by atoms with Gasteiger partial charge >= 0.3 is 6.09 Å². The van der Waals surface area contributed by atoms with E-state index in [-0.39, 0.29) is 25.6 Å². The number of carbonyl (C=O) groups excluding carboxylic acids is 3. The minimum Gasteiger partial charge on any atom is -0.444 e. The first-order valence-corrected chi connectivity index (χ1v) is 10.6. The van der Waals surface area contributed by atoms with Gasteiger partial charge in [0.25, 0.3) is 0 Å². The van der Waals surface area contributed by atoms with Crippen molar-refractivity contribution in [1.29, 1.82) is 0 Å². The molecule has 8 heteroatoms. The smallest absolute Gasteiger partial charge is 0.408 e. The van der Waals surface area contributed by atoms with Crippen LogP contribution in [-0.4, -0.2) is 58.8 Å². The molecule has 1 aromatic rings. The van der Waals surface area contributed by atoms with Crippen LogP contribution in [0.5, 0.6) is 0 Å². The fourth-order valence-corrected chi connectivity index (χ4v) is 2.92. The van der Waals surface area contributed by atoms with Gasteiger partial charge in [-0.3, -0.25) is 9.59 Å². The molecule has 174 valence electrons. The van der Waals surface area contributed by atoms with E-state index in [1.54, 1.807) is 20.8 Å². The Hall–Kier alpha value is -2.61. The normalized spacial score (nSPS) is 12.6. The van der Waals surface area contributed by atoms with E-state index in [4.69, 9.17) is 4.74 Å². The molecule has 1 rings (SSSR count). The molecule has 0 saturated heterocycles. The van der Waals surface area contributed by atoms with E-state index in [9.17, 15) is 19.5 Å². The topological polar surface area (TPSA) is 108 Å². The average Bonchev–Trinajstić information content (AvgIpc) is 2.63. The zero-order valence-electron chi connectivity index (χ0n) is 19.7. The van der Waals surface area contributed by atoms with E-state index in [1.165, 1.54) is 4.90 Å². The molecule has 0 aliphatic rings. The molecule has 1 atom stereocenters. The highest BCUT2D eigenvalue weighted by molar-refractivity contribution is 5.90. The van der Waals surface area contributed by atoms with Crippen LogP contribution in [0.4, 0.5) is 4.79 Å². The van der Waals surface area contributed by atoms with Gasteiger partial charge in [-0.15, -0.1) is 0 Å². The Balaban J connectivity index is 3.17. The van der Waals surface area contributed by atoms with E-state index >= 15 is 0 Å². The Labute approximate surface area is 185 Å². The van der Waals surface area contributed by atoms with Gasteiger partial charge in [0.1, 0.15) is 18.2 Å². The Morgan fingerprint density at radius 1 is 1.06 bits per heavy atom. The average molecular weight is 436 g/mol. The molecular weight excluding hydrogens is 398 g/mol. The van der Waals surface area contributed by atoms with Crippen molar-refractivity contribution in [1.82, 2.24) is 15.5 Å². The lowest BCUT2D eigenvalue weighted by atomic mass is 9.99. The predicted octanol–water partition coefficient (Wildman–Crippen LogP) is 2.55. The Kier molecular flexibility index (Phi) is 9.49. The number of rotatable bonds is 8. The number of nitrogens with zero attached hydrogens (tertiary/aromatic N) is 1. The summed E-state index contributed by atoms with van der Waals surface area (Å²) in [5.41, 5.74) is 0.513. The number of alkyl carbamates (subject to hydrolysis) is 1. The molecule has 3 amide bonds. The second-order valence-corrected chi connectivity index (χ2v) is 9.40. The van der Waals surface area contributed by atoms with Crippen molar-refractivity contribution >= 4 is 17.9 Å². The van der Waals surface area contributed by atoms with E-state index in [1.807, 2.05) is 52.0 Å². The fourth-order valence-electron chi connectivity index (χ4n) is 2.92. The molecular formula is C23H37N3O5. The molecule has 0 heterocycles. The van der Waals surface area contributed by atoms with Gasteiger partial charge in [0.05, 0.1) is 6.61 Å². The van der Waals surface area contributed by atoms with Crippen molar-refractivity contribution in [3.63, 3.8) is 0 Å². The first kappa shape index (κ1) is 26.4. The van der Waals surface area contributed by atoms with Gasteiger partial charge in [0.2, 0.25) is 11.8 Å². The fraction of sp³-hybridized carbons (Fsp3) is 0.609. The maximum Gasteiger partial charge on any atom is 0.408 e. The SMILES string of the molecule is CCc1ccc(C(C(=O)NC(C)(C)C)N(CCO)C(=O)CNC(=O)OC(C)(C)C)cc1. The number of hydrogen-bond donors (Lipinski definition) is 3. The van der Waals surface area contributed by atoms with Crippen LogP contribution in [-0.2, 0) is 20.7 Å². The third kappa shape index (κ3) is 9.38. The standard InChI is InChI=1S/C23H37N3O5/c1-8-16-9-11-17(12-10-16)19(20(29)25-22(2,3)4)26(13-14-27)18(28)15-24-21(30)31-23(5,6)7/h9-12,19,27H,8,13-15H2,1-7H3,(H,24,30)(H,25,29). The molecule has 0 aliphatic heterocycles. The number of benzene rings is 1. The molecule has 0 aromatic heterocycles. The lowest BCUT2D eigenvalue weighted by molar-refractivity contribution is -0.141. The highest BCUT2D eigenvalue weighted by Crippen LogP contribution is 2.23. The molecule has 0 spiro atoms. The molecule has 1 aromatic carbocycles. The van der Waals surface area contributed by atoms with Crippen LogP contribution < -0.4 is 10.6 Å². The molecule has 0 saturated carbocycles. The Morgan fingerprint density at radius 2 is 1.65 bits per heavy atom. The molecule has 31 heavy (non-hydrogen) atoms. The summed E-state index contributed by atoms with van der Waals surface area (Å²) in [6, 6.07) is 6.49. The molecule has 0 fully saturated rings. The van der Waals surface area contributed by atoms with Crippen molar-refractivity contribution in [3.8, 4) is 0 Å². The lowest BCUT2D eigenvalue weighted by Gasteiger charge is -2.33. The van der Waals surface area contributed by atoms with Crippen LogP contribution in [0.3, 0.4) is 0 Å². The van der Waals surface area contributed by atoms with Crippen molar-refractivity contribution in [2.75, 3.05) is 19.7 Å². The summed E-state index contributed by atoms with van der Waals surface area (Å²) < 4.78 is 5.16. The molecule has 0 radical (unpaired) electrons. The number of ether oxygens (including phenoxy) is 1. The summed E-state index contributed by atoms with van der Waals surface area (Å²) in [5, 5.41) is 14.9. The molecule has 8 nitrogen and oxygen atoms in total. The number of aliphatic hydroxyl groups excluding tert-OH is 1. The monoisotopic (exact) mass is 435 g/mol. The summed E-state index contributed by atoms with van der Waals surface area (Å²) in [7, 11) is 0. The number of hydrogen-bond acceptors (Lipinski definition) is 5. The summed E-state index contributed by atoms with van der Waals surface area (Å²) in [4.78, 5) is 39.4. The highest BCUT2D eigenvalue weighted by atomic mass is 16.6. The quantitative estimate of drug-likeness (QED) is 0.582. The maximum atomic E-state index is 13.2. The second-order valence-electron chi connectivity index (χ2n) is 9.40. The number of carbonyl (C=O) groups is 3. The van der Waals surface area contributed by atoms with Crippen LogP contribution >= 0.6 is 0 Å². The van der Waals surface area contributed by atoms with Gasteiger partial charge in [-0.2, -0.15) is 0 Å². The van der Waals surface area contributed by atoms with Crippen LogP contribution in [0.2, 0.25) is 0 Å². The minimum absolute atomic E-state index is 0.0629. The van der Waals surface area contributed by atoms with Gasteiger partial charge in [0, 0.05) is 12.1 Å². The lowest BCUT2D eigenvalue weighted by Crippen LogP contribution is -2.51. The largest absolute Gasteiger partial charge is 0.444 e. The summed E-state index contributed by atoms with van der Waals surface area (Å²) >= 11 is 0. The van der Waals surface area contributed by atoms with Gasteiger partial charge in [-0.25, -0.2) is 4.79 Å². The summed E-state index contributed by atoms with van der Waals surface area (Å²) in [5.74, 6) is -0.871. The van der Waals surface area contributed by atoms with Crippen molar-refractivity contribution in [2.45, 2.75) is 72.1 Å². The summed E-state index contributed by atoms with van der Waals surface area (Å²) in [6.45, 7) is 12.0. The first-order valence-electron chi connectivity index (χ1n) is 10.6. The Morgan fingerprint density at radius 3 is 2.10 bits per heavy atom. The van der Waals surface area contributed by atoms with Crippen LogP contribution in [0.15, 0.2) is 24.3 Å². The number of nitrogens with one attached hydrogen (secondary N) is 2. The zero-order chi connectivity index (χ0) is 23.8. The van der Waals surface area contributed by atoms with Crippen LogP contribution in [0.1, 0.15) is 65.6 Å². The van der Waals surface area contributed by atoms with E-state index < -0.39 is 29.2 Å². The third-order valence-corrected chi connectivity index (χ3v) is 4.21. The second kappa shape index (κ2) is 11.1.